The Hall–Kier alpha value is -2.85. The number of imidazole rings is 1. The van der Waals surface area contributed by atoms with E-state index in [1.54, 1.807) is 12.1 Å². The van der Waals surface area contributed by atoms with Gasteiger partial charge in [-0.05, 0) is 50.4 Å². The van der Waals surface area contributed by atoms with Gasteiger partial charge in [0.25, 0.3) is 6.43 Å². The summed E-state index contributed by atoms with van der Waals surface area (Å²) >= 11 is 0. The average molecular weight is 458 g/mol. The predicted octanol–water partition coefficient (Wildman–Crippen LogP) is 3.31. The van der Waals surface area contributed by atoms with Gasteiger partial charge in [0.1, 0.15) is 11.6 Å². The maximum absolute atomic E-state index is 14.1. The van der Waals surface area contributed by atoms with Gasteiger partial charge in [0.05, 0.1) is 24.2 Å². The Balaban J connectivity index is 1.57. The molecule has 0 aliphatic carbocycles. The molecular weight excluding hydrogens is 428 g/mol. The van der Waals surface area contributed by atoms with Crippen LogP contribution in [0, 0.1) is 12.8 Å². The van der Waals surface area contributed by atoms with Crippen LogP contribution in [0.25, 0.3) is 16.9 Å². The van der Waals surface area contributed by atoms with Gasteiger partial charge in [-0.2, -0.15) is 9.97 Å². The maximum Gasteiger partial charge on any atom is 0.296 e. The van der Waals surface area contributed by atoms with Crippen molar-refractivity contribution in [3.8, 4) is 5.82 Å². The number of benzene rings is 1. The largest absolute Gasteiger partial charge is 0.378 e. The van der Waals surface area contributed by atoms with Crippen molar-refractivity contribution in [2.75, 3.05) is 56.2 Å². The van der Waals surface area contributed by atoms with Crippen LogP contribution < -0.4 is 15.5 Å². The van der Waals surface area contributed by atoms with Gasteiger partial charge in [-0.3, -0.25) is 4.57 Å². The van der Waals surface area contributed by atoms with E-state index in [4.69, 9.17) is 9.72 Å². The van der Waals surface area contributed by atoms with Crippen LogP contribution in [-0.4, -0.2) is 65.5 Å². The predicted molar refractivity (Wildman–Crippen MR) is 123 cm³/mol. The number of nitrogens with one attached hydrogen (secondary N) is 2. The highest BCUT2D eigenvalue weighted by molar-refractivity contribution is 5.81. The minimum atomic E-state index is -2.73. The first kappa shape index (κ1) is 22.0. The molecule has 2 aliphatic rings. The number of piperidine rings is 1. The lowest BCUT2D eigenvalue weighted by molar-refractivity contribution is 0.122. The minimum Gasteiger partial charge on any atom is -0.378 e. The van der Waals surface area contributed by atoms with Crippen molar-refractivity contribution in [2.24, 2.45) is 5.92 Å². The molecule has 3 aromatic rings. The van der Waals surface area contributed by atoms with E-state index in [-0.39, 0.29) is 5.82 Å². The second-order valence-corrected chi connectivity index (χ2v) is 8.63. The van der Waals surface area contributed by atoms with E-state index in [1.807, 2.05) is 19.1 Å². The van der Waals surface area contributed by atoms with Gasteiger partial charge in [-0.15, -0.1) is 0 Å². The van der Waals surface area contributed by atoms with Crippen LogP contribution in [-0.2, 0) is 4.74 Å². The molecule has 2 fully saturated rings. The lowest BCUT2D eigenvalue weighted by Gasteiger charge is -2.28. The zero-order valence-corrected chi connectivity index (χ0v) is 18.7. The first-order valence-corrected chi connectivity index (χ1v) is 11.5. The van der Waals surface area contributed by atoms with Crippen molar-refractivity contribution in [1.82, 2.24) is 24.8 Å². The molecule has 2 N–H and O–H groups in total. The molecule has 0 radical (unpaired) electrons. The number of hydrogen-bond donors (Lipinski definition) is 2. The number of halogens is 2. The molecule has 8 nitrogen and oxygen atoms in total. The molecule has 0 unspecified atom stereocenters. The third-order valence-electron chi connectivity index (χ3n) is 6.38. The average Bonchev–Trinajstić information content (AvgIpc) is 3.25. The van der Waals surface area contributed by atoms with Crippen LogP contribution in [0.1, 0.15) is 30.7 Å². The van der Waals surface area contributed by atoms with Crippen molar-refractivity contribution in [2.45, 2.75) is 26.2 Å². The topological polar surface area (TPSA) is 80.1 Å². The van der Waals surface area contributed by atoms with E-state index in [0.717, 1.165) is 38.0 Å². The van der Waals surface area contributed by atoms with Crippen LogP contribution in [0.4, 0.5) is 20.5 Å². The van der Waals surface area contributed by atoms with Gasteiger partial charge < -0.3 is 20.3 Å². The lowest BCUT2D eigenvalue weighted by Crippen LogP contribution is -2.37. The van der Waals surface area contributed by atoms with Gasteiger partial charge >= 0.3 is 0 Å². The summed E-state index contributed by atoms with van der Waals surface area (Å²) in [6, 6.07) is 7.31. The van der Waals surface area contributed by atoms with Crippen LogP contribution in [0.3, 0.4) is 0 Å². The first-order chi connectivity index (χ1) is 16.1. The van der Waals surface area contributed by atoms with E-state index in [9.17, 15) is 8.78 Å². The molecule has 10 heteroatoms. The van der Waals surface area contributed by atoms with E-state index in [1.165, 1.54) is 4.57 Å². The first-order valence-electron chi connectivity index (χ1n) is 11.5. The van der Waals surface area contributed by atoms with Crippen molar-refractivity contribution < 1.29 is 13.5 Å². The fraction of sp³-hybridized carbons (Fsp3) is 0.522. The van der Waals surface area contributed by atoms with Gasteiger partial charge in [0.15, 0.2) is 5.82 Å². The maximum atomic E-state index is 14.1. The SMILES string of the molecule is Cc1cccc2c1nc(C(F)F)n2-c1cc(N2CCOCC2)nc(NCC2CCNCC2)n1. The number of hydrogen-bond acceptors (Lipinski definition) is 7. The summed E-state index contributed by atoms with van der Waals surface area (Å²) in [5.74, 6) is 1.75. The third kappa shape index (κ3) is 4.63. The van der Waals surface area contributed by atoms with Crippen LogP contribution in [0.5, 0.6) is 0 Å². The molecule has 2 saturated heterocycles. The van der Waals surface area contributed by atoms with Crippen LogP contribution >= 0.6 is 0 Å². The highest BCUT2D eigenvalue weighted by Crippen LogP contribution is 2.30. The van der Waals surface area contributed by atoms with Crippen molar-refractivity contribution in [3.05, 3.63) is 35.7 Å². The van der Waals surface area contributed by atoms with E-state index in [0.29, 0.717) is 60.8 Å². The number of alkyl halides is 2. The molecule has 33 heavy (non-hydrogen) atoms. The molecule has 176 valence electrons. The summed E-state index contributed by atoms with van der Waals surface area (Å²) in [6.45, 7) is 7.22. The van der Waals surface area contributed by atoms with Crippen LogP contribution in [0.2, 0.25) is 0 Å². The van der Waals surface area contributed by atoms with Gasteiger partial charge in [-0.25, -0.2) is 13.8 Å². The molecule has 1 aromatic carbocycles. The fourth-order valence-corrected chi connectivity index (χ4v) is 4.54. The monoisotopic (exact) mass is 457 g/mol. The van der Waals surface area contributed by atoms with Crippen LogP contribution in [0.15, 0.2) is 24.3 Å². The zero-order chi connectivity index (χ0) is 22.8. The second-order valence-electron chi connectivity index (χ2n) is 8.63. The van der Waals surface area contributed by atoms with Crippen molar-refractivity contribution in [3.63, 3.8) is 0 Å². The number of morpholine rings is 1. The molecule has 0 bridgehead atoms. The number of nitrogens with zero attached hydrogens (tertiary/aromatic N) is 5. The van der Waals surface area contributed by atoms with E-state index < -0.39 is 6.43 Å². The molecule has 5 rings (SSSR count). The highest BCUT2D eigenvalue weighted by atomic mass is 19.3. The molecule has 0 amide bonds. The number of fused-ring (bicyclic) bond motifs is 1. The highest BCUT2D eigenvalue weighted by Gasteiger charge is 2.24. The number of anilines is 2. The Bertz CT molecular complexity index is 1110. The fourth-order valence-electron chi connectivity index (χ4n) is 4.54. The molecule has 0 atom stereocenters. The molecule has 2 aliphatic heterocycles. The zero-order valence-electron chi connectivity index (χ0n) is 18.7. The Kier molecular flexibility index (Phi) is 6.37. The summed E-state index contributed by atoms with van der Waals surface area (Å²) in [4.78, 5) is 15.8. The summed E-state index contributed by atoms with van der Waals surface area (Å²) < 4.78 is 35.1. The molecule has 2 aromatic heterocycles. The Morgan fingerprint density at radius 2 is 1.88 bits per heavy atom. The molecule has 4 heterocycles. The smallest absolute Gasteiger partial charge is 0.296 e. The quantitative estimate of drug-likeness (QED) is 0.588. The van der Waals surface area contributed by atoms with Gasteiger partial charge in [-0.1, -0.05) is 12.1 Å². The standard InChI is InChI=1S/C23H29F2N7O/c1-15-3-2-4-17-20(15)30-22(21(24)25)32(17)19-13-18(31-9-11-33-12-10-31)28-23(29-19)27-14-16-5-7-26-8-6-16/h2-4,13,16,21,26H,5-12,14H2,1H3,(H,27,28,29). The van der Waals surface area contributed by atoms with Crippen molar-refractivity contribution in [1.29, 1.82) is 0 Å². The third-order valence-corrected chi connectivity index (χ3v) is 6.38. The molecule has 0 spiro atoms. The lowest BCUT2D eigenvalue weighted by atomic mass is 9.98. The summed E-state index contributed by atoms with van der Waals surface area (Å²) in [7, 11) is 0. The summed E-state index contributed by atoms with van der Waals surface area (Å²) in [6.07, 6.45) is -0.557. The number of aromatic nitrogens is 4. The minimum absolute atomic E-state index is 0.310. The van der Waals surface area contributed by atoms with Crippen molar-refractivity contribution >= 4 is 22.8 Å². The number of para-hydroxylation sites is 1. The van der Waals surface area contributed by atoms with Gasteiger partial charge in [0.2, 0.25) is 5.95 Å². The number of ether oxygens (including phenoxy) is 1. The summed E-state index contributed by atoms with van der Waals surface area (Å²) in [5, 5.41) is 6.75. The number of rotatable bonds is 6. The normalized spacial score (nSPS) is 17.8. The molecular formula is C23H29F2N7O. The van der Waals surface area contributed by atoms with Gasteiger partial charge in [0, 0.05) is 25.7 Å². The Morgan fingerprint density at radius 1 is 1.12 bits per heavy atom. The Labute approximate surface area is 191 Å². The van der Waals surface area contributed by atoms with E-state index >= 15 is 0 Å². The Morgan fingerprint density at radius 3 is 2.64 bits per heavy atom. The summed E-state index contributed by atoms with van der Waals surface area (Å²) in [5.41, 5.74) is 2.02. The molecule has 0 saturated carbocycles. The number of aryl methyl sites for hydroxylation is 1. The van der Waals surface area contributed by atoms with E-state index in [2.05, 4.69) is 25.5 Å². The second kappa shape index (κ2) is 9.56.